The highest BCUT2D eigenvalue weighted by molar-refractivity contribution is 6.20. The lowest BCUT2D eigenvalue weighted by molar-refractivity contribution is 0.688. The van der Waals surface area contributed by atoms with Crippen LogP contribution in [0, 0.1) is 0 Å². The SMILES string of the molecule is c1ccc2c(c1)ccc1c2c2cccnc2n1-c1[nH]cc2c1CCCC2. The predicted molar refractivity (Wildman–Crippen MR) is 107 cm³/mol. The standard InChI is InChI=1S/C23H19N3/c1-3-8-17-15(6-1)11-12-20-21(17)19-10-5-13-24-23(19)26(20)22-18-9-4-2-7-16(18)14-25-22/h1,3,5-6,8,10-14,25H,2,4,7,9H2. The highest BCUT2D eigenvalue weighted by atomic mass is 15.1. The topological polar surface area (TPSA) is 33.6 Å². The van der Waals surface area contributed by atoms with E-state index in [4.69, 9.17) is 4.98 Å². The van der Waals surface area contributed by atoms with Crippen molar-refractivity contribution in [2.24, 2.45) is 0 Å². The van der Waals surface area contributed by atoms with Crippen LogP contribution in [-0.2, 0) is 12.8 Å². The summed E-state index contributed by atoms with van der Waals surface area (Å²) in [7, 11) is 0. The average molecular weight is 337 g/mol. The van der Waals surface area contributed by atoms with Gasteiger partial charge in [-0.05, 0) is 65.8 Å². The number of aromatic nitrogens is 3. The summed E-state index contributed by atoms with van der Waals surface area (Å²) in [6.07, 6.45) is 8.99. The molecule has 1 N–H and O–H groups in total. The predicted octanol–water partition coefficient (Wildman–Crippen LogP) is 5.54. The van der Waals surface area contributed by atoms with Gasteiger partial charge >= 0.3 is 0 Å². The largest absolute Gasteiger partial charge is 0.347 e. The fourth-order valence-electron chi connectivity index (χ4n) is 4.64. The van der Waals surface area contributed by atoms with Crippen molar-refractivity contribution in [1.29, 1.82) is 0 Å². The normalized spacial score (nSPS) is 14.3. The molecule has 6 rings (SSSR count). The molecule has 3 heterocycles. The van der Waals surface area contributed by atoms with Crippen molar-refractivity contribution >= 4 is 32.7 Å². The zero-order chi connectivity index (χ0) is 17.1. The number of aromatic amines is 1. The van der Waals surface area contributed by atoms with Crippen molar-refractivity contribution in [2.45, 2.75) is 25.7 Å². The van der Waals surface area contributed by atoms with Crippen LogP contribution in [0.1, 0.15) is 24.0 Å². The molecule has 3 heteroatoms. The quantitative estimate of drug-likeness (QED) is 0.428. The van der Waals surface area contributed by atoms with Gasteiger partial charge in [0.05, 0.1) is 5.52 Å². The maximum absolute atomic E-state index is 4.77. The van der Waals surface area contributed by atoms with E-state index in [1.54, 1.807) is 0 Å². The number of fused-ring (bicyclic) bond motifs is 6. The molecule has 126 valence electrons. The van der Waals surface area contributed by atoms with Gasteiger partial charge in [-0.1, -0.05) is 30.3 Å². The lowest BCUT2D eigenvalue weighted by Crippen LogP contribution is -2.04. The minimum absolute atomic E-state index is 1.04. The van der Waals surface area contributed by atoms with E-state index >= 15 is 0 Å². The van der Waals surface area contributed by atoms with Crippen LogP contribution >= 0.6 is 0 Å². The van der Waals surface area contributed by atoms with Gasteiger partial charge in [0.1, 0.15) is 11.5 Å². The fraction of sp³-hybridized carbons (Fsp3) is 0.174. The molecule has 1 aliphatic rings. The second-order valence-corrected chi connectivity index (χ2v) is 7.24. The van der Waals surface area contributed by atoms with Crippen molar-refractivity contribution in [3.05, 3.63) is 72.1 Å². The van der Waals surface area contributed by atoms with Gasteiger partial charge in [-0.25, -0.2) is 4.98 Å². The molecule has 0 atom stereocenters. The zero-order valence-corrected chi connectivity index (χ0v) is 14.5. The summed E-state index contributed by atoms with van der Waals surface area (Å²) in [5, 5.41) is 5.09. The summed E-state index contributed by atoms with van der Waals surface area (Å²) >= 11 is 0. The molecule has 0 saturated carbocycles. The highest BCUT2D eigenvalue weighted by Crippen LogP contribution is 2.37. The van der Waals surface area contributed by atoms with Crippen molar-refractivity contribution < 1.29 is 0 Å². The Morgan fingerprint density at radius 2 is 1.77 bits per heavy atom. The number of nitrogens with zero attached hydrogens (tertiary/aromatic N) is 2. The van der Waals surface area contributed by atoms with Crippen LogP contribution in [0.4, 0.5) is 0 Å². The second kappa shape index (κ2) is 5.21. The van der Waals surface area contributed by atoms with E-state index < -0.39 is 0 Å². The molecule has 0 unspecified atom stereocenters. The third kappa shape index (κ3) is 1.80. The summed E-state index contributed by atoms with van der Waals surface area (Å²) in [5.74, 6) is 1.20. The Hall–Kier alpha value is -3.07. The highest BCUT2D eigenvalue weighted by Gasteiger charge is 2.21. The lowest BCUT2D eigenvalue weighted by Gasteiger charge is -2.14. The number of hydrogen-bond acceptors (Lipinski definition) is 1. The van der Waals surface area contributed by atoms with Crippen LogP contribution in [0.3, 0.4) is 0 Å². The van der Waals surface area contributed by atoms with E-state index in [-0.39, 0.29) is 0 Å². The molecule has 0 spiro atoms. The first kappa shape index (κ1) is 14.1. The van der Waals surface area contributed by atoms with E-state index in [1.807, 2.05) is 12.3 Å². The Morgan fingerprint density at radius 1 is 0.885 bits per heavy atom. The van der Waals surface area contributed by atoms with Gasteiger partial charge in [0.2, 0.25) is 0 Å². The molecule has 0 amide bonds. The zero-order valence-electron chi connectivity index (χ0n) is 14.5. The van der Waals surface area contributed by atoms with E-state index in [2.05, 4.69) is 58.2 Å². The van der Waals surface area contributed by atoms with Gasteiger partial charge in [0.15, 0.2) is 0 Å². The van der Waals surface area contributed by atoms with E-state index in [0.29, 0.717) is 0 Å². The first-order valence-corrected chi connectivity index (χ1v) is 9.38. The van der Waals surface area contributed by atoms with Crippen molar-refractivity contribution in [3.8, 4) is 5.82 Å². The molecular weight excluding hydrogens is 318 g/mol. The minimum atomic E-state index is 1.04. The van der Waals surface area contributed by atoms with Crippen LogP contribution in [0.15, 0.2) is 60.9 Å². The molecule has 0 bridgehead atoms. The Kier molecular flexibility index (Phi) is 2.83. The Bertz CT molecular complexity index is 1290. The number of benzene rings is 2. The molecule has 26 heavy (non-hydrogen) atoms. The Morgan fingerprint density at radius 3 is 2.77 bits per heavy atom. The number of nitrogens with one attached hydrogen (secondary N) is 1. The maximum Gasteiger partial charge on any atom is 0.146 e. The Labute approximate surface area is 151 Å². The summed E-state index contributed by atoms with van der Waals surface area (Å²) in [6.45, 7) is 0. The van der Waals surface area contributed by atoms with Gasteiger partial charge in [-0.15, -0.1) is 0 Å². The van der Waals surface area contributed by atoms with Gasteiger partial charge in [-0.3, -0.25) is 4.57 Å². The molecule has 2 aromatic carbocycles. The molecule has 1 aliphatic carbocycles. The lowest BCUT2D eigenvalue weighted by atomic mass is 9.95. The summed E-state index contributed by atoms with van der Waals surface area (Å²) in [6, 6.07) is 17.3. The van der Waals surface area contributed by atoms with Crippen molar-refractivity contribution in [3.63, 3.8) is 0 Å². The van der Waals surface area contributed by atoms with Crippen LogP contribution in [-0.4, -0.2) is 14.5 Å². The van der Waals surface area contributed by atoms with E-state index in [0.717, 1.165) is 12.1 Å². The third-order valence-electron chi connectivity index (χ3n) is 5.82. The smallest absolute Gasteiger partial charge is 0.146 e. The minimum Gasteiger partial charge on any atom is -0.347 e. The summed E-state index contributed by atoms with van der Waals surface area (Å²) in [4.78, 5) is 8.35. The maximum atomic E-state index is 4.77. The van der Waals surface area contributed by atoms with Gasteiger partial charge in [-0.2, -0.15) is 0 Å². The average Bonchev–Trinajstić information content (AvgIpc) is 3.26. The fourth-order valence-corrected chi connectivity index (χ4v) is 4.64. The first-order valence-electron chi connectivity index (χ1n) is 9.38. The monoisotopic (exact) mass is 337 g/mol. The van der Waals surface area contributed by atoms with Crippen molar-refractivity contribution in [2.75, 3.05) is 0 Å². The van der Waals surface area contributed by atoms with Crippen molar-refractivity contribution in [1.82, 2.24) is 14.5 Å². The molecule has 0 aliphatic heterocycles. The molecule has 0 radical (unpaired) electrons. The molecule has 0 saturated heterocycles. The number of pyridine rings is 1. The first-order chi connectivity index (χ1) is 12.9. The second-order valence-electron chi connectivity index (χ2n) is 7.24. The molecule has 3 aromatic heterocycles. The van der Waals surface area contributed by atoms with Gasteiger partial charge in [0.25, 0.3) is 0 Å². The molecule has 5 aromatic rings. The summed E-state index contributed by atoms with van der Waals surface area (Å²) in [5.41, 5.74) is 5.20. The number of hydrogen-bond donors (Lipinski definition) is 1. The van der Waals surface area contributed by atoms with Gasteiger partial charge < -0.3 is 4.98 Å². The van der Waals surface area contributed by atoms with E-state index in [1.165, 1.54) is 63.3 Å². The van der Waals surface area contributed by atoms with Crippen LogP contribution in [0.25, 0.3) is 38.5 Å². The number of rotatable bonds is 1. The molecule has 0 fully saturated rings. The molecule has 3 nitrogen and oxygen atoms in total. The Balaban J connectivity index is 1.81. The van der Waals surface area contributed by atoms with Gasteiger partial charge in [0, 0.05) is 23.2 Å². The van der Waals surface area contributed by atoms with E-state index in [9.17, 15) is 0 Å². The molecular formula is C23H19N3. The van der Waals surface area contributed by atoms with Crippen LogP contribution < -0.4 is 0 Å². The summed E-state index contributed by atoms with van der Waals surface area (Å²) < 4.78 is 2.33. The number of aryl methyl sites for hydroxylation is 1. The van der Waals surface area contributed by atoms with Crippen LogP contribution in [0.5, 0.6) is 0 Å². The van der Waals surface area contributed by atoms with Crippen LogP contribution in [0.2, 0.25) is 0 Å². The third-order valence-corrected chi connectivity index (χ3v) is 5.82. The number of H-pyrrole nitrogens is 1.